The quantitative estimate of drug-likeness (QED) is 0.761. The van der Waals surface area contributed by atoms with Gasteiger partial charge in [0.1, 0.15) is 0 Å². The number of nitrogens with zero attached hydrogens (tertiary/aromatic N) is 2. The van der Waals surface area contributed by atoms with Crippen molar-refractivity contribution in [1.82, 2.24) is 15.2 Å². The van der Waals surface area contributed by atoms with Crippen LogP contribution in [0.2, 0.25) is 0 Å². The van der Waals surface area contributed by atoms with Crippen LogP contribution < -0.4 is 14.8 Å². The van der Waals surface area contributed by atoms with E-state index in [-0.39, 0.29) is 42.5 Å². The number of carbonyl (C=O) groups excluding carboxylic acids is 1. The Hall–Kier alpha value is -2.52. The first-order valence-electron chi connectivity index (χ1n) is 8.75. The fourth-order valence-corrected chi connectivity index (χ4v) is 2.94. The van der Waals surface area contributed by atoms with Crippen LogP contribution in [0.1, 0.15) is 11.6 Å². The Kier molecular flexibility index (Phi) is 8.10. The number of aromatic nitrogens is 1. The Morgan fingerprint density at radius 3 is 2.55 bits per heavy atom. The lowest BCUT2D eigenvalue weighted by atomic mass is 10.1. The summed E-state index contributed by atoms with van der Waals surface area (Å²) in [6.45, 7) is -0.00415. The number of amides is 1. The van der Waals surface area contributed by atoms with E-state index >= 15 is 0 Å². The molecule has 1 aliphatic heterocycles. The standard InChI is InChI=1S/C19H20F3N3O3.ClH/c20-19(21,22)13-28-17-6-2-1-5-16(17)27-12-18(26)25-9-8-24-11-15(25)14-4-3-7-23-10-14;/h1-7,10,15,24H,8-9,11-13H2;1H. The fraction of sp³-hybridized carbons (Fsp3) is 0.368. The average Bonchev–Trinajstić information content (AvgIpc) is 2.71. The second-order valence-corrected chi connectivity index (χ2v) is 6.23. The van der Waals surface area contributed by atoms with E-state index in [4.69, 9.17) is 9.47 Å². The number of hydrogen-bond donors (Lipinski definition) is 1. The largest absolute Gasteiger partial charge is 0.480 e. The van der Waals surface area contributed by atoms with E-state index in [0.29, 0.717) is 19.6 Å². The normalized spacial score (nSPS) is 16.7. The number of nitrogens with one attached hydrogen (secondary N) is 1. The van der Waals surface area contributed by atoms with Crippen LogP contribution in [0.15, 0.2) is 48.8 Å². The van der Waals surface area contributed by atoms with Gasteiger partial charge < -0.3 is 19.7 Å². The molecule has 0 radical (unpaired) electrons. The summed E-state index contributed by atoms with van der Waals surface area (Å²) in [5, 5.41) is 3.24. The maximum Gasteiger partial charge on any atom is 0.422 e. The first-order valence-corrected chi connectivity index (χ1v) is 8.75. The van der Waals surface area contributed by atoms with Gasteiger partial charge in [-0.05, 0) is 23.8 Å². The molecule has 1 aliphatic rings. The van der Waals surface area contributed by atoms with Crippen molar-refractivity contribution in [2.75, 3.05) is 32.8 Å². The number of alkyl halides is 3. The van der Waals surface area contributed by atoms with Crippen molar-refractivity contribution in [2.24, 2.45) is 0 Å². The van der Waals surface area contributed by atoms with Gasteiger partial charge in [-0.15, -0.1) is 12.4 Å². The van der Waals surface area contributed by atoms with Crippen molar-refractivity contribution in [3.8, 4) is 11.5 Å². The minimum absolute atomic E-state index is 0. The first kappa shape index (κ1) is 22.8. The molecule has 158 valence electrons. The summed E-state index contributed by atoms with van der Waals surface area (Å²) in [5.41, 5.74) is 0.900. The molecule has 2 aromatic rings. The van der Waals surface area contributed by atoms with Gasteiger partial charge in [0.05, 0.1) is 6.04 Å². The predicted molar refractivity (Wildman–Crippen MR) is 102 cm³/mol. The summed E-state index contributed by atoms with van der Waals surface area (Å²) in [6, 6.07) is 9.49. The lowest BCUT2D eigenvalue weighted by Gasteiger charge is -2.36. The number of para-hydroxylation sites is 2. The Balaban J connectivity index is 0.00000300. The zero-order valence-corrected chi connectivity index (χ0v) is 16.2. The van der Waals surface area contributed by atoms with Crippen LogP contribution in [-0.4, -0.2) is 54.8 Å². The van der Waals surface area contributed by atoms with E-state index in [1.807, 2.05) is 6.07 Å². The third-order valence-corrected chi connectivity index (χ3v) is 4.22. The first-order chi connectivity index (χ1) is 13.4. The fourth-order valence-electron chi connectivity index (χ4n) is 2.94. The zero-order chi connectivity index (χ0) is 20.0. The van der Waals surface area contributed by atoms with E-state index in [9.17, 15) is 18.0 Å². The average molecular weight is 432 g/mol. The summed E-state index contributed by atoms with van der Waals surface area (Å²) in [5.74, 6) is -0.231. The van der Waals surface area contributed by atoms with Gasteiger partial charge in [-0.1, -0.05) is 18.2 Å². The Labute approximate surface area is 172 Å². The number of ether oxygens (including phenoxy) is 2. The summed E-state index contributed by atoms with van der Waals surface area (Å²) in [6.07, 6.45) is -1.09. The SMILES string of the molecule is Cl.O=C(COc1ccccc1OCC(F)(F)F)N1CCNCC1c1cccnc1. The van der Waals surface area contributed by atoms with Crippen LogP contribution in [0.3, 0.4) is 0 Å². The molecule has 1 amide bonds. The molecular formula is C19H21ClF3N3O3. The molecule has 0 spiro atoms. The van der Waals surface area contributed by atoms with Gasteiger partial charge in [-0.3, -0.25) is 9.78 Å². The minimum atomic E-state index is -4.46. The lowest BCUT2D eigenvalue weighted by Crippen LogP contribution is -2.50. The van der Waals surface area contributed by atoms with Crippen molar-refractivity contribution >= 4 is 18.3 Å². The van der Waals surface area contributed by atoms with Gasteiger partial charge in [0, 0.05) is 32.0 Å². The molecule has 0 aliphatic carbocycles. The molecule has 6 nitrogen and oxygen atoms in total. The Morgan fingerprint density at radius 1 is 1.17 bits per heavy atom. The van der Waals surface area contributed by atoms with Gasteiger partial charge >= 0.3 is 6.18 Å². The minimum Gasteiger partial charge on any atom is -0.480 e. The number of carbonyl (C=O) groups is 1. The third kappa shape index (κ3) is 6.50. The van der Waals surface area contributed by atoms with Gasteiger partial charge in [0.2, 0.25) is 0 Å². The van der Waals surface area contributed by atoms with Gasteiger partial charge in [0.25, 0.3) is 5.91 Å². The van der Waals surface area contributed by atoms with Gasteiger partial charge in [0.15, 0.2) is 24.7 Å². The monoisotopic (exact) mass is 431 g/mol. The maximum absolute atomic E-state index is 12.7. The van der Waals surface area contributed by atoms with Crippen molar-refractivity contribution in [3.63, 3.8) is 0 Å². The van der Waals surface area contributed by atoms with Crippen LogP contribution in [-0.2, 0) is 4.79 Å². The van der Waals surface area contributed by atoms with Gasteiger partial charge in [-0.2, -0.15) is 13.2 Å². The molecule has 0 bridgehead atoms. The van der Waals surface area contributed by atoms with Crippen LogP contribution in [0, 0.1) is 0 Å². The molecule has 2 heterocycles. The molecule has 1 fully saturated rings. The number of halogens is 4. The molecule has 1 saturated heterocycles. The summed E-state index contributed by atoms with van der Waals surface area (Å²) in [4.78, 5) is 18.5. The third-order valence-electron chi connectivity index (χ3n) is 4.22. The molecule has 1 aromatic carbocycles. The lowest BCUT2D eigenvalue weighted by molar-refractivity contribution is -0.153. The number of piperazine rings is 1. The highest BCUT2D eigenvalue weighted by atomic mass is 35.5. The van der Waals surface area contributed by atoms with E-state index in [0.717, 1.165) is 5.56 Å². The molecular weight excluding hydrogens is 411 g/mol. The van der Waals surface area contributed by atoms with Crippen molar-refractivity contribution in [2.45, 2.75) is 12.2 Å². The second kappa shape index (κ2) is 10.3. The number of hydrogen-bond acceptors (Lipinski definition) is 5. The highest BCUT2D eigenvalue weighted by Gasteiger charge is 2.30. The number of benzene rings is 1. The Morgan fingerprint density at radius 2 is 1.90 bits per heavy atom. The molecule has 10 heteroatoms. The number of rotatable bonds is 6. The summed E-state index contributed by atoms with van der Waals surface area (Å²) < 4.78 is 47.4. The van der Waals surface area contributed by atoms with Crippen LogP contribution in [0.25, 0.3) is 0 Å². The topological polar surface area (TPSA) is 63.7 Å². The molecule has 3 rings (SSSR count). The molecule has 1 N–H and O–H groups in total. The molecule has 0 saturated carbocycles. The smallest absolute Gasteiger partial charge is 0.422 e. The highest BCUT2D eigenvalue weighted by molar-refractivity contribution is 5.85. The van der Waals surface area contributed by atoms with E-state index in [1.165, 1.54) is 18.2 Å². The highest BCUT2D eigenvalue weighted by Crippen LogP contribution is 2.29. The summed E-state index contributed by atoms with van der Waals surface area (Å²) >= 11 is 0. The van der Waals surface area contributed by atoms with E-state index < -0.39 is 12.8 Å². The van der Waals surface area contributed by atoms with Crippen molar-refractivity contribution in [3.05, 3.63) is 54.4 Å². The van der Waals surface area contributed by atoms with Crippen molar-refractivity contribution < 1.29 is 27.4 Å². The van der Waals surface area contributed by atoms with Crippen molar-refractivity contribution in [1.29, 1.82) is 0 Å². The maximum atomic E-state index is 12.7. The van der Waals surface area contributed by atoms with Crippen LogP contribution >= 0.6 is 12.4 Å². The Bertz CT molecular complexity index is 793. The summed E-state index contributed by atoms with van der Waals surface area (Å²) in [7, 11) is 0. The molecule has 29 heavy (non-hydrogen) atoms. The van der Waals surface area contributed by atoms with Crippen LogP contribution in [0.4, 0.5) is 13.2 Å². The zero-order valence-electron chi connectivity index (χ0n) is 15.4. The molecule has 1 atom stereocenters. The van der Waals surface area contributed by atoms with E-state index in [1.54, 1.807) is 29.4 Å². The predicted octanol–water partition coefficient (Wildman–Crippen LogP) is 3.00. The second-order valence-electron chi connectivity index (χ2n) is 6.23. The molecule has 1 aromatic heterocycles. The molecule has 1 unspecified atom stereocenters. The number of pyridine rings is 1. The van der Waals surface area contributed by atoms with E-state index in [2.05, 4.69) is 10.3 Å². The van der Waals surface area contributed by atoms with Crippen LogP contribution in [0.5, 0.6) is 11.5 Å². The van der Waals surface area contributed by atoms with Gasteiger partial charge in [-0.25, -0.2) is 0 Å².